The first-order chi connectivity index (χ1) is 12.6. The van der Waals surface area contributed by atoms with Gasteiger partial charge in [-0.1, -0.05) is 0 Å². The van der Waals surface area contributed by atoms with E-state index >= 15 is 0 Å². The van der Waals surface area contributed by atoms with Crippen molar-refractivity contribution in [2.45, 2.75) is 65.1 Å². The van der Waals surface area contributed by atoms with E-state index in [1.807, 2.05) is 12.1 Å². The Morgan fingerprint density at radius 2 is 2.00 bits per heavy atom. The molecule has 1 fully saturated rings. The molecule has 2 heterocycles. The van der Waals surface area contributed by atoms with Gasteiger partial charge in [0.15, 0.2) is 5.96 Å². The quantitative estimate of drug-likeness (QED) is 0.494. The van der Waals surface area contributed by atoms with Crippen LogP contribution in [0, 0.1) is 0 Å². The monoisotopic (exact) mass is 364 g/mol. The summed E-state index contributed by atoms with van der Waals surface area (Å²) in [7, 11) is 0. The third kappa shape index (κ3) is 7.38. The van der Waals surface area contributed by atoms with E-state index in [1.54, 1.807) is 6.26 Å². The maximum atomic E-state index is 5.69. The van der Waals surface area contributed by atoms with Crippen molar-refractivity contribution in [2.24, 2.45) is 4.99 Å². The van der Waals surface area contributed by atoms with Crippen LogP contribution in [0.4, 0.5) is 0 Å². The lowest BCUT2D eigenvalue weighted by Gasteiger charge is -2.30. The van der Waals surface area contributed by atoms with E-state index in [0.717, 1.165) is 57.2 Å². The predicted molar refractivity (Wildman–Crippen MR) is 107 cm³/mol. The summed E-state index contributed by atoms with van der Waals surface area (Å²) >= 11 is 0. The average Bonchev–Trinajstić information content (AvgIpc) is 3.28. The van der Waals surface area contributed by atoms with Crippen LogP contribution in [0.1, 0.15) is 46.3 Å². The third-order valence-corrected chi connectivity index (χ3v) is 4.71. The summed E-state index contributed by atoms with van der Waals surface area (Å²) in [4.78, 5) is 7.21. The number of nitrogens with zero attached hydrogens (tertiary/aromatic N) is 2. The zero-order valence-corrected chi connectivity index (χ0v) is 16.8. The molecule has 0 aliphatic carbocycles. The normalized spacial score (nSPS) is 18.3. The van der Waals surface area contributed by atoms with Crippen LogP contribution in [-0.4, -0.2) is 61.8 Å². The minimum absolute atomic E-state index is 0.265. The Kier molecular flexibility index (Phi) is 8.98. The van der Waals surface area contributed by atoms with E-state index in [1.165, 1.54) is 0 Å². The van der Waals surface area contributed by atoms with Gasteiger partial charge in [0.05, 0.1) is 18.9 Å². The molecule has 0 saturated carbocycles. The summed E-state index contributed by atoms with van der Waals surface area (Å²) in [5, 5.41) is 6.89. The van der Waals surface area contributed by atoms with Gasteiger partial charge in [0.1, 0.15) is 5.76 Å². The number of aliphatic imine (C=N–C) groups is 1. The smallest absolute Gasteiger partial charge is 0.191 e. The van der Waals surface area contributed by atoms with Crippen LogP contribution in [0.3, 0.4) is 0 Å². The molecule has 148 valence electrons. The lowest BCUT2D eigenvalue weighted by atomic mass is 10.2. The molecule has 6 heteroatoms. The van der Waals surface area contributed by atoms with Crippen LogP contribution in [0.5, 0.6) is 0 Å². The maximum absolute atomic E-state index is 5.69. The van der Waals surface area contributed by atoms with E-state index in [2.05, 4.69) is 43.2 Å². The largest absolute Gasteiger partial charge is 0.469 e. The van der Waals surface area contributed by atoms with E-state index in [9.17, 15) is 0 Å². The lowest BCUT2D eigenvalue weighted by molar-refractivity contribution is 0.117. The van der Waals surface area contributed by atoms with Crippen LogP contribution in [0.2, 0.25) is 0 Å². The Morgan fingerprint density at radius 1 is 1.23 bits per heavy atom. The van der Waals surface area contributed by atoms with Crippen LogP contribution in [0.25, 0.3) is 0 Å². The van der Waals surface area contributed by atoms with E-state index in [4.69, 9.17) is 14.1 Å². The molecule has 26 heavy (non-hydrogen) atoms. The summed E-state index contributed by atoms with van der Waals surface area (Å²) in [5.74, 6) is 1.85. The fraction of sp³-hybridized carbons (Fsp3) is 0.750. The number of guanidine groups is 1. The van der Waals surface area contributed by atoms with Gasteiger partial charge < -0.3 is 19.8 Å². The maximum Gasteiger partial charge on any atom is 0.191 e. The van der Waals surface area contributed by atoms with Gasteiger partial charge in [0.2, 0.25) is 0 Å². The van der Waals surface area contributed by atoms with Gasteiger partial charge in [0.25, 0.3) is 0 Å². The van der Waals surface area contributed by atoms with E-state index < -0.39 is 0 Å². The number of nitrogens with one attached hydrogen (secondary N) is 2. The Morgan fingerprint density at radius 3 is 2.62 bits per heavy atom. The molecule has 1 aliphatic rings. The van der Waals surface area contributed by atoms with Gasteiger partial charge in [-0.15, -0.1) is 0 Å². The predicted octanol–water partition coefficient (Wildman–Crippen LogP) is 2.66. The van der Waals surface area contributed by atoms with E-state index in [0.29, 0.717) is 18.6 Å². The highest BCUT2D eigenvalue weighted by molar-refractivity contribution is 5.79. The number of hydrogen-bond donors (Lipinski definition) is 2. The van der Waals surface area contributed by atoms with Gasteiger partial charge in [-0.05, 0) is 52.7 Å². The molecule has 6 nitrogen and oxygen atoms in total. The Hall–Kier alpha value is -1.53. The molecule has 1 aromatic rings. The topological polar surface area (TPSA) is 62.0 Å². The molecular weight excluding hydrogens is 328 g/mol. The van der Waals surface area contributed by atoms with Crippen molar-refractivity contribution in [3.63, 3.8) is 0 Å². The molecule has 1 aromatic heterocycles. The molecule has 2 N–H and O–H groups in total. The zero-order chi connectivity index (χ0) is 18.8. The minimum Gasteiger partial charge on any atom is -0.469 e. The number of hydrogen-bond acceptors (Lipinski definition) is 4. The fourth-order valence-electron chi connectivity index (χ4n) is 3.33. The third-order valence-electron chi connectivity index (χ3n) is 4.71. The van der Waals surface area contributed by atoms with Crippen molar-refractivity contribution in [1.82, 2.24) is 15.5 Å². The molecule has 1 atom stereocenters. The summed E-state index contributed by atoms with van der Waals surface area (Å²) in [6, 6.07) is 5.00. The number of ether oxygens (including phenoxy) is 1. The van der Waals surface area contributed by atoms with Crippen molar-refractivity contribution in [1.29, 1.82) is 0 Å². The highest BCUT2D eigenvalue weighted by Crippen LogP contribution is 2.11. The molecule has 0 radical (unpaired) electrons. The first kappa shape index (κ1) is 20.8. The molecular formula is C20H36N4O2. The van der Waals surface area contributed by atoms with Crippen LogP contribution in [0.15, 0.2) is 27.8 Å². The van der Waals surface area contributed by atoms with Crippen molar-refractivity contribution < 1.29 is 9.15 Å². The Bertz CT molecular complexity index is 500. The zero-order valence-electron chi connectivity index (χ0n) is 16.8. The lowest BCUT2D eigenvalue weighted by Crippen LogP contribution is -2.45. The molecule has 0 bridgehead atoms. The van der Waals surface area contributed by atoms with Gasteiger partial charge in [-0.3, -0.25) is 9.89 Å². The van der Waals surface area contributed by atoms with Gasteiger partial charge >= 0.3 is 0 Å². The summed E-state index contributed by atoms with van der Waals surface area (Å²) < 4.78 is 11.1. The molecule has 0 aromatic carbocycles. The second kappa shape index (κ2) is 11.2. The first-order valence-corrected chi connectivity index (χ1v) is 9.98. The van der Waals surface area contributed by atoms with Gasteiger partial charge in [-0.25, -0.2) is 0 Å². The molecule has 1 saturated heterocycles. The average molecular weight is 365 g/mol. The molecule has 1 unspecified atom stereocenters. The molecule has 2 rings (SSSR count). The van der Waals surface area contributed by atoms with Crippen molar-refractivity contribution in [3.05, 3.63) is 24.2 Å². The molecule has 1 aliphatic heterocycles. The minimum atomic E-state index is 0.265. The van der Waals surface area contributed by atoms with Crippen molar-refractivity contribution >= 4 is 5.96 Å². The SMILES string of the molecule is CC(C)N(CCNC(=NCC1CCCO1)NCCc1ccco1)C(C)C. The molecule has 0 spiro atoms. The standard InChI is InChI=1S/C20H36N4O2/c1-16(2)24(17(3)4)12-11-22-20(23-15-19-8-6-14-26-19)21-10-9-18-7-5-13-25-18/h5,7,13,16-17,19H,6,8-12,14-15H2,1-4H3,(H2,21,22,23). The summed E-state index contributed by atoms with van der Waals surface area (Å²) in [6.07, 6.45) is 5.08. The highest BCUT2D eigenvalue weighted by atomic mass is 16.5. The highest BCUT2D eigenvalue weighted by Gasteiger charge is 2.16. The van der Waals surface area contributed by atoms with Crippen molar-refractivity contribution in [3.8, 4) is 0 Å². The summed E-state index contributed by atoms with van der Waals surface area (Å²) in [6.45, 7) is 13.2. The first-order valence-electron chi connectivity index (χ1n) is 9.98. The molecule has 0 amide bonds. The Balaban J connectivity index is 1.81. The van der Waals surface area contributed by atoms with Crippen LogP contribution >= 0.6 is 0 Å². The van der Waals surface area contributed by atoms with E-state index in [-0.39, 0.29) is 6.10 Å². The second-order valence-electron chi connectivity index (χ2n) is 7.43. The fourth-order valence-corrected chi connectivity index (χ4v) is 3.33. The van der Waals surface area contributed by atoms with Crippen molar-refractivity contribution in [2.75, 3.05) is 32.8 Å². The Labute approximate surface area is 158 Å². The van der Waals surface area contributed by atoms with Crippen LogP contribution < -0.4 is 10.6 Å². The number of rotatable bonds is 10. The summed E-state index contributed by atoms with van der Waals surface area (Å²) in [5.41, 5.74) is 0. The van der Waals surface area contributed by atoms with Gasteiger partial charge in [-0.2, -0.15) is 0 Å². The number of furan rings is 1. The second-order valence-corrected chi connectivity index (χ2v) is 7.43. The van der Waals surface area contributed by atoms with Crippen LogP contribution in [-0.2, 0) is 11.2 Å². The van der Waals surface area contributed by atoms with Gasteiger partial charge in [0, 0.05) is 44.7 Å².